The molecule has 0 radical (unpaired) electrons. The molecule has 0 aliphatic carbocycles. The van der Waals surface area contributed by atoms with E-state index >= 15 is 0 Å². The highest BCUT2D eigenvalue weighted by Gasteiger charge is 2.33. The van der Waals surface area contributed by atoms with Gasteiger partial charge in [0.1, 0.15) is 17.7 Å². The summed E-state index contributed by atoms with van der Waals surface area (Å²) >= 11 is 0. The first kappa shape index (κ1) is 17.8. The molecule has 0 aromatic heterocycles. The van der Waals surface area contributed by atoms with Gasteiger partial charge in [0, 0.05) is 25.6 Å². The van der Waals surface area contributed by atoms with Gasteiger partial charge in [0.2, 0.25) is 5.91 Å². The number of hydrogen-bond acceptors (Lipinski definition) is 3. The minimum Gasteiger partial charge on any atom is -0.480 e. The van der Waals surface area contributed by atoms with Crippen LogP contribution in [0.1, 0.15) is 36.0 Å². The lowest BCUT2D eigenvalue weighted by Gasteiger charge is -2.21. The maximum absolute atomic E-state index is 13.4. The smallest absolute Gasteiger partial charge is 0.326 e. The Morgan fingerprint density at radius 2 is 2.04 bits per heavy atom. The van der Waals surface area contributed by atoms with Crippen LogP contribution in [0.2, 0.25) is 0 Å². The highest BCUT2D eigenvalue weighted by Crippen LogP contribution is 2.18. The Balaban J connectivity index is 1.77. The van der Waals surface area contributed by atoms with Crippen LogP contribution in [0.3, 0.4) is 0 Å². The Bertz CT molecular complexity index is 651. The number of carbonyl (C=O) groups is 3. The third-order valence-electron chi connectivity index (χ3n) is 3.89. The average Bonchev–Trinajstić information content (AvgIpc) is 3.01. The Hall–Kier alpha value is -2.51. The maximum Gasteiger partial charge on any atom is 0.326 e. The summed E-state index contributed by atoms with van der Waals surface area (Å²) < 4.78 is 26.2. The lowest BCUT2D eigenvalue weighted by atomic mass is 10.2. The molecular formula is C16H18F2N2O4. The summed E-state index contributed by atoms with van der Waals surface area (Å²) in [6, 6.07) is 1.88. The number of rotatable bonds is 6. The molecule has 6 nitrogen and oxygen atoms in total. The minimum atomic E-state index is -1.01. The van der Waals surface area contributed by atoms with Crippen molar-refractivity contribution in [1.29, 1.82) is 0 Å². The zero-order valence-electron chi connectivity index (χ0n) is 12.9. The summed E-state index contributed by atoms with van der Waals surface area (Å²) in [5, 5.41) is 11.5. The first-order valence-electron chi connectivity index (χ1n) is 7.65. The number of carbonyl (C=O) groups excluding carboxylic acids is 2. The molecule has 130 valence electrons. The standard InChI is InChI=1S/C16H18F2N2O4/c17-10-5-6-11(12(18)9-10)15(22)19-7-1-4-14(21)20-8-2-3-13(20)16(23)24/h5-6,9,13H,1-4,7-8H2,(H,19,22)(H,23,24). The van der Waals surface area contributed by atoms with Gasteiger partial charge in [-0.05, 0) is 31.4 Å². The summed E-state index contributed by atoms with van der Waals surface area (Å²) in [5.74, 6) is -3.70. The molecule has 1 aliphatic heterocycles. The van der Waals surface area contributed by atoms with Gasteiger partial charge in [-0.1, -0.05) is 0 Å². The van der Waals surface area contributed by atoms with Gasteiger partial charge >= 0.3 is 5.97 Å². The molecule has 0 spiro atoms. The van der Waals surface area contributed by atoms with Crippen LogP contribution in [-0.4, -0.2) is 46.9 Å². The summed E-state index contributed by atoms with van der Waals surface area (Å²) in [5.41, 5.74) is -0.270. The van der Waals surface area contributed by atoms with E-state index in [1.807, 2.05) is 0 Å². The van der Waals surface area contributed by atoms with E-state index in [1.165, 1.54) is 4.90 Å². The van der Waals surface area contributed by atoms with Gasteiger partial charge < -0.3 is 15.3 Å². The van der Waals surface area contributed by atoms with Crippen molar-refractivity contribution in [2.24, 2.45) is 0 Å². The SMILES string of the molecule is O=C(NCCCC(=O)N1CCCC1C(=O)O)c1ccc(F)cc1F. The molecular weight excluding hydrogens is 322 g/mol. The van der Waals surface area contributed by atoms with E-state index in [0.717, 1.165) is 12.1 Å². The van der Waals surface area contributed by atoms with E-state index in [-0.39, 0.29) is 24.4 Å². The van der Waals surface area contributed by atoms with Crippen LogP contribution in [-0.2, 0) is 9.59 Å². The molecule has 1 atom stereocenters. The number of halogens is 2. The third kappa shape index (κ3) is 4.27. The zero-order chi connectivity index (χ0) is 17.7. The zero-order valence-corrected chi connectivity index (χ0v) is 12.9. The van der Waals surface area contributed by atoms with Crippen molar-refractivity contribution in [3.05, 3.63) is 35.4 Å². The first-order valence-corrected chi connectivity index (χ1v) is 7.65. The van der Waals surface area contributed by atoms with E-state index < -0.39 is 29.6 Å². The Morgan fingerprint density at radius 1 is 1.29 bits per heavy atom. The molecule has 0 saturated carbocycles. The second-order valence-electron chi connectivity index (χ2n) is 5.57. The Morgan fingerprint density at radius 3 is 2.71 bits per heavy atom. The van der Waals surface area contributed by atoms with Crippen molar-refractivity contribution in [2.45, 2.75) is 31.7 Å². The molecule has 0 bridgehead atoms. The van der Waals surface area contributed by atoms with Crippen molar-refractivity contribution in [2.75, 3.05) is 13.1 Å². The maximum atomic E-state index is 13.4. The van der Waals surface area contributed by atoms with Crippen molar-refractivity contribution in [1.82, 2.24) is 10.2 Å². The molecule has 1 unspecified atom stereocenters. The average molecular weight is 340 g/mol. The van der Waals surface area contributed by atoms with E-state index in [4.69, 9.17) is 5.11 Å². The molecule has 1 heterocycles. The summed E-state index contributed by atoms with van der Waals surface area (Å²) in [4.78, 5) is 36.2. The second kappa shape index (κ2) is 7.85. The predicted molar refractivity (Wildman–Crippen MR) is 80.3 cm³/mol. The topological polar surface area (TPSA) is 86.7 Å². The molecule has 2 N–H and O–H groups in total. The van der Waals surface area contributed by atoms with Crippen LogP contribution in [0, 0.1) is 11.6 Å². The predicted octanol–water partition coefficient (Wildman–Crippen LogP) is 1.55. The number of amides is 2. The summed E-state index contributed by atoms with van der Waals surface area (Å²) in [7, 11) is 0. The van der Waals surface area contributed by atoms with Crippen molar-refractivity contribution < 1.29 is 28.3 Å². The Kier molecular flexibility index (Phi) is 5.83. The third-order valence-corrected chi connectivity index (χ3v) is 3.89. The molecule has 1 saturated heterocycles. The molecule has 1 aromatic rings. The van der Waals surface area contributed by atoms with E-state index in [0.29, 0.717) is 31.9 Å². The molecule has 2 rings (SSSR count). The second-order valence-corrected chi connectivity index (χ2v) is 5.57. The van der Waals surface area contributed by atoms with Crippen LogP contribution in [0.4, 0.5) is 8.78 Å². The lowest BCUT2D eigenvalue weighted by molar-refractivity contribution is -0.148. The summed E-state index contributed by atoms with van der Waals surface area (Å²) in [6.07, 6.45) is 1.50. The van der Waals surface area contributed by atoms with Crippen LogP contribution >= 0.6 is 0 Å². The number of nitrogens with zero attached hydrogens (tertiary/aromatic N) is 1. The number of carboxylic acids is 1. The van der Waals surface area contributed by atoms with Crippen LogP contribution in [0.15, 0.2) is 18.2 Å². The summed E-state index contributed by atoms with van der Waals surface area (Å²) in [6.45, 7) is 0.552. The van der Waals surface area contributed by atoms with Gasteiger partial charge in [-0.15, -0.1) is 0 Å². The largest absolute Gasteiger partial charge is 0.480 e. The van der Waals surface area contributed by atoms with Crippen molar-refractivity contribution >= 4 is 17.8 Å². The Labute approximate surface area is 137 Å². The normalized spacial score (nSPS) is 16.9. The quantitative estimate of drug-likeness (QED) is 0.769. The first-order chi connectivity index (χ1) is 11.4. The number of nitrogens with one attached hydrogen (secondary N) is 1. The van der Waals surface area contributed by atoms with E-state index in [2.05, 4.69) is 5.32 Å². The molecule has 8 heteroatoms. The van der Waals surface area contributed by atoms with Crippen LogP contribution in [0.25, 0.3) is 0 Å². The number of benzene rings is 1. The molecule has 1 aliphatic rings. The minimum absolute atomic E-state index is 0.0932. The van der Waals surface area contributed by atoms with Crippen LogP contribution < -0.4 is 5.32 Å². The number of carboxylic acid groups (broad SMARTS) is 1. The lowest BCUT2D eigenvalue weighted by Crippen LogP contribution is -2.40. The monoisotopic (exact) mass is 340 g/mol. The van der Waals surface area contributed by atoms with Crippen LogP contribution in [0.5, 0.6) is 0 Å². The highest BCUT2D eigenvalue weighted by atomic mass is 19.1. The highest BCUT2D eigenvalue weighted by molar-refractivity contribution is 5.94. The molecule has 24 heavy (non-hydrogen) atoms. The van der Waals surface area contributed by atoms with Gasteiger partial charge in [-0.25, -0.2) is 13.6 Å². The molecule has 1 aromatic carbocycles. The number of likely N-dealkylation sites (tertiary alicyclic amines) is 1. The van der Waals surface area contributed by atoms with E-state index in [1.54, 1.807) is 0 Å². The van der Waals surface area contributed by atoms with Gasteiger partial charge in [0.15, 0.2) is 0 Å². The number of aliphatic carboxylic acids is 1. The van der Waals surface area contributed by atoms with Gasteiger partial charge in [-0.3, -0.25) is 9.59 Å². The molecule has 2 amide bonds. The fourth-order valence-electron chi connectivity index (χ4n) is 2.68. The van der Waals surface area contributed by atoms with Crippen molar-refractivity contribution in [3.63, 3.8) is 0 Å². The number of hydrogen-bond donors (Lipinski definition) is 2. The van der Waals surface area contributed by atoms with Gasteiger partial charge in [-0.2, -0.15) is 0 Å². The van der Waals surface area contributed by atoms with Gasteiger partial charge in [0.25, 0.3) is 5.91 Å². The van der Waals surface area contributed by atoms with Gasteiger partial charge in [0.05, 0.1) is 5.56 Å². The fraction of sp³-hybridized carbons (Fsp3) is 0.438. The molecule has 1 fully saturated rings. The fourth-order valence-corrected chi connectivity index (χ4v) is 2.68. The van der Waals surface area contributed by atoms with Crippen molar-refractivity contribution in [3.8, 4) is 0 Å². The van der Waals surface area contributed by atoms with E-state index in [9.17, 15) is 23.2 Å².